The Morgan fingerprint density at radius 2 is 2.09 bits per heavy atom. The SMILES string of the molecule is COc1cccc(Sc2ccc(F)cc2C2=CCNCC2)c1. The summed E-state index contributed by atoms with van der Waals surface area (Å²) >= 11 is 1.64. The molecule has 0 bridgehead atoms. The molecule has 0 saturated carbocycles. The Labute approximate surface area is 134 Å². The molecule has 0 radical (unpaired) electrons. The molecule has 1 N–H and O–H groups in total. The van der Waals surface area contributed by atoms with Gasteiger partial charge in [-0.1, -0.05) is 23.9 Å². The summed E-state index contributed by atoms with van der Waals surface area (Å²) < 4.78 is 19.0. The van der Waals surface area contributed by atoms with E-state index in [4.69, 9.17) is 4.74 Å². The van der Waals surface area contributed by atoms with Gasteiger partial charge in [-0.3, -0.25) is 0 Å². The fourth-order valence-electron chi connectivity index (χ4n) is 2.50. The maximum Gasteiger partial charge on any atom is 0.123 e. The van der Waals surface area contributed by atoms with E-state index in [2.05, 4.69) is 11.4 Å². The third-order valence-electron chi connectivity index (χ3n) is 3.62. The summed E-state index contributed by atoms with van der Waals surface area (Å²) in [6, 6.07) is 12.9. The molecule has 2 aromatic carbocycles. The average molecular weight is 315 g/mol. The van der Waals surface area contributed by atoms with E-state index in [1.165, 1.54) is 11.6 Å². The lowest BCUT2D eigenvalue weighted by Crippen LogP contribution is -2.20. The van der Waals surface area contributed by atoms with Gasteiger partial charge in [-0.2, -0.15) is 0 Å². The summed E-state index contributed by atoms with van der Waals surface area (Å²) in [7, 11) is 1.66. The Balaban J connectivity index is 1.94. The number of nitrogens with one attached hydrogen (secondary N) is 1. The molecule has 2 aromatic rings. The first-order valence-corrected chi connectivity index (χ1v) is 8.09. The van der Waals surface area contributed by atoms with Crippen molar-refractivity contribution in [3.05, 3.63) is 59.9 Å². The Morgan fingerprint density at radius 1 is 1.18 bits per heavy atom. The molecular formula is C18H18FNOS. The summed E-state index contributed by atoms with van der Waals surface area (Å²) in [6.07, 6.45) is 3.07. The molecule has 0 aromatic heterocycles. The number of hydrogen-bond donors (Lipinski definition) is 1. The lowest BCUT2D eigenvalue weighted by molar-refractivity contribution is 0.413. The van der Waals surface area contributed by atoms with Crippen molar-refractivity contribution in [2.24, 2.45) is 0 Å². The third-order valence-corrected chi connectivity index (χ3v) is 4.69. The van der Waals surface area contributed by atoms with E-state index in [-0.39, 0.29) is 5.82 Å². The van der Waals surface area contributed by atoms with Crippen molar-refractivity contribution in [1.29, 1.82) is 0 Å². The van der Waals surface area contributed by atoms with Crippen molar-refractivity contribution in [3.8, 4) is 5.75 Å². The summed E-state index contributed by atoms with van der Waals surface area (Å²) in [6.45, 7) is 1.78. The van der Waals surface area contributed by atoms with Crippen molar-refractivity contribution in [2.75, 3.05) is 20.2 Å². The number of methoxy groups -OCH3 is 1. The Hall–Kier alpha value is -1.78. The fourth-order valence-corrected chi connectivity index (χ4v) is 3.51. The molecule has 2 nitrogen and oxygen atoms in total. The Morgan fingerprint density at radius 3 is 2.86 bits per heavy atom. The second-order valence-electron chi connectivity index (χ2n) is 5.11. The van der Waals surface area contributed by atoms with Crippen LogP contribution in [0.5, 0.6) is 5.75 Å². The molecule has 0 spiro atoms. The monoisotopic (exact) mass is 315 g/mol. The fraction of sp³-hybridized carbons (Fsp3) is 0.222. The highest BCUT2D eigenvalue weighted by Crippen LogP contribution is 2.36. The van der Waals surface area contributed by atoms with Gasteiger partial charge in [0.25, 0.3) is 0 Å². The first kappa shape index (κ1) is 15.1. The van der Waals surface area contributed by atoms with E-state index < -0.39 is 0 Å². The van der Waals surface area contributed by atoms with Crippen LogP contribution in [0.25, 0.3) is 5.57 Å². The van der Waals surface area contributed by atoms with Crippen LogP contribution in [0.15, 0.2) is 58.3 Å². The highest BCUT2D eigenvalue weighted by Gasteiger charge is 2.13. The highest BCUT2D eigenvalue weighted by molar-refractivity contribution is 7.99. The molecule has 3 rings (SSSR count). The van der Waals surface area contributed by atoms with E-state index in [0.717, 1.165) is 40.6 Å². The molecule has 0 fully saturated rings. The van der Waals surface area contributed by atoms with Gasteiger partial charge in [0.1, 0.15) is 11.6 Å². The molecule has 0 unspecified atom stereocenters. The molecule has 4 heteroatoms. The number of benzene rings is 2. The Kier molecular flexibility index (Phi) is 4.80. The van der Waals surface area contributed by atoms with Gasteiger partial charge in [-0.05, 0) is 60.5 Å². The minimum atomic E-state index is -0.190. The van der Waals surface area contributed by atoms with Crippen LogP contribution >= 0.6 is 11.8 Å². The summed E-state index contributed by atoms with van der Waals surface area (Å²) in [5.74, 6) is 0.638. The number of ether oxygens (including phenoxy) is 1. The van der Waals surface area contributed by atoms with Crippen LogP contribution in [-0.4, -0.2) is 20.2 Å². The smallest absolute Gasteiger partial charge is 0.123 e. The predicted octanol–water partition coefficient (Wildman–Crippen LogP) is 4.36. The van der Waals surface area contributed by atoms with Gasteiger partial charge in [-0.25, -0.2) is 4.39 Å². The zero-order valence-corrected chi connectivity index (χ0v) is 13.3. The zero-order valence-electron chi connectivity index (χ0n) is 12.4. The van der Waals surface area contributed by atoms with Crippen LogP contribution in [0.2, 0.25) is 0 Å². The minimum absolute atomic E-state index is 0.190. The summed E-state index contributed by atoms with van der Waals surface area (Å²) in [5, 5.41) is 3.29. The van der Waals surface area contributed by atoms with Crippen LogP contribution in [-0.2, 0) is 0 Å². The summed E-state index contributed by atoms with van der Waals surface area (Å²) in [4.78, 5) is 2.16. The highest BCUT2D eigenvalue weighted by atomic mass is 32.2. The van der Waals surface area contributed by atoms with Crippen LogP contribution < -0.4 is 10.1 Å². The average Bonchev–Trinajstić information content (AvgIpc) is 2.57. The van der Waals surface area contributed by atoms with Gasteiger partial charge in [0.05, 0.1) is 7.11 Å². The zero-order chi connectivity index (χ0) is 15.4. The van der Waals surface area contributed by atoms with Crippen LogP contribution in [0, 0.1) is 5.82 Å². The lowest BCUT2D eigenvalue weighted by atomic mass is 10.0. The molecular weight excluding hydrogens is 297 g/mol. The molecule has 0 aliphatic carbocycles. The van der Waals surface area contributed by atoms with Crippen molar-refractivity contribution < 1.29 is 9.13 Å². The standard InChI is InChI=1S/C18H18FNOS/c1-21-15-3-2-4-16(12-15)22-18-6-5-14(19)11-17(18)13-7-9-20-10-8-13/h2-7,11-12,20H,8-10H2,1H3. The van der Waals surface area contributed by atoms with Gasteiger partial charge in [-0.15, -0.1) is 0 Å². The largest absolute Gasteiger partial charge is 0.497 e. The molecule has 1 heterocycles. The minimum Gasteiger partial charge on any atom is -0.497 e. The predicted molar refractivity (Wildman–Crippen MR) is 89.0 cm³/mol. The molecule has 0 atom stereocenters. The van der Waals surface area contributed by atoms with Crippen molar-refractivity contribution in [3.63, 3.8) is 0 Å². The van der Waals surface area contributed by atoms with Gasteiger partial charge >= 0.3 is 0 Å². The van der Waals surface area contributed by atoms with E-state index in [9.17, 15) is 4.39 Å². The molecule has 114 valence electrons. The molecule has 0 saturated heterocycles. The molecule has 1 aliphatic heterocycles. The van der Waals surface area contributed by atoms with E-state index in [0.29, 0.717) is 0 Å². The normalized spacial score (nSPS) is 14.5. The first-order valence-electron chi connectivity index (χ1n) is 7.28. The second kappa shape index (κ2) is 6.99. The first-order chi connectivity index (χ1) is 10.8. The van der Waals surface area contributed by atoms with Crippen LogP contribution in [0.1, 0.15) is 12.0 Å². The number of hydrogen-bond acceptors (Lipinski definition) is 3. The number of halogens is 1. The van der Waals surface area contributed by atoms with Gasteiger partial charge in [0.2, 0.25) is 0 Å². The number of rotatable bonds is 4. The van der Waals surface area contributed by atoms with Crippen LogP contribution in [0.3, 0.4) is 0 Å². The van der Waals surface area contributed by atoms with Crippen molar-refractivity contribution >= 4 is 17.3 Å². The molecule has 1 aliphatic rings. The molecule has 22 heavy (non-hydrogen) atoms. The quantitative estimate of drug-likeness (QED) is 0.905. The maximum absolute atomic E-state index is 13.7. The molecule has 0 amide bonds. The summed E-state index contributed by atoms with van der Waals surface area (Å²) in [5.41, 5.74) is 2.21. The topological polar surface area (TPSA) is 21.3 Å². The van der Waals surface area contributed by atoms with Crippen LogP contribution in [0.4, 0.5) is 4.39 Å². The third kappa shape index (κ3) is 3.51. The van der Waals surface area contributed by atoms with Gasteiger partial charge in [0, 0.05) is 16.3 Å². The second-order valence-corrected chi connectivity index (χ2v) is 6.22. The lowest BCUT2D eigenvalue weighted by Gasteiger charge is -2.17. The van der Waals surface area contributed by atoms with Crippen molar-refractivity contribution in [2.45, 2.75) is 16.2 Å². The Bertz CT molecular complexity index is 699. The van der Waals surface area contributed by atoms with Gasteiger partial charge < -0.3 is 10.1 Å². The van der Waals surface area contributed by atoms with E-state index >= 15 is 0 Å². The van der Waals surface area contributed by atoms with Crippen molar-refractivity contribution in [1.82, 2.24) is 5.32 Å². The van der Waals surface area contributed by atoms with E-state index in [1.807, 2.05) is 30.3 Å². The van der Waals surface area contributed by atoms with Gasteiger partial charge in [0.15, 0.2) is 0 Å². The van der Waals surface area contributed by atoms with E-state index in [1.54, 1.807) is 24.9 Å². The maximum atomic E-state index is 13.7.